The van der Waals surface area contributed by atoms with Crippen LogP contribution in [0.4, 0.5) is 0 Å². The number of amides is 2. The van der Waals surface area contributed by atoms with Crippen LogP contribution in [0.3, 0.4) is 0 Å². The van der Waals surface area contributed by atoms with E-state index < -0.39 is 29.4 Å². The summed E-state index contributed by atoms with van der Waals surface area (Å²) in [6, 6.07) is 6.59. The fourth-order valence-corrected chi connectivity index (χ4v) is 3.99. The summed E-state index contributed by atoms with van der Waals surface area (Å²) >= 11 is 5.93. The zero-order valence-electron chi connectivity index (χ0n) is 13.7. The number of halogens is 1. The van der Waals surface area contributed by atoms with E-state index in [0.29, 0.717) is 5.02 Å². The van der Waals surface area contributed by atoms with Crippen LogP contribution in [0.15, 0.2) is 24.3 Å². The number of likely N-dealkylation sites (tertiary alicyclic amines) is 1. The Hall–Kier alpha value is -1.92. The molecule has 128 valence electrons. The first-order chi connectivity index (χ1) is 11.3. The summed E-state index contributed by atoms with van der Waals surface area (Å²) in [7, 11) is 1.28. The zero-order valence-corrected chi connectivity index (χ0v) is 14.5. The van der Waals surface area contributed by atoms with Crippen LogP contribution in [0, 0.1) is 11.8 Å². The van der Waals surface area contributed by atoms with Crippen LogP contribution in [0.5, 0.6) is 0 Å². The van der Waals surface area contributed by atoms with Gasteiger partial charge in [-0.2, -0.15) is 0 Å². The minimum Gasteiger partial charge on any atom is -0.468 e. The molecule has 0 aliphatic carbocycles. The number of carbonyl (C=O) groups is 3. The molecule has 0 aromatic heterocycles. The summed E-state index contributed by atoms with van der Waals surface area (Å²) in [5, 5.41) is 3.75. The summed E-state index contributed by atoms with van der Waals surface area (Å²) in [5.41, 5.74) is -0.443. The molecule has 0 spiro atoms. The maximum Gasteiger partial charge on any atom is 0.326 e. The van der Waals surface area contributed by atoms with Crippen LogP contribution in [-0.4, -0.2) is 41.9 Å². The van der Waals surface area contributed by atoms with Gasteiger partial charge in [0.15, 0.2) is 0 Å². The molecule has 7 heteroatoms. The van der Waals surface area contributed by atoms with Crippen molar-refractivity contribution in [2.75, 3.05) is 13.7 Å². The number of ether oxygens (including phenoxy) is 1. The lowest BCUT2D eigenvalue weighted by atomic mass is 9.80. The molecular formula is C17H19ClN2O4. The first-order valence-corrected chi connectivity index (χ1v) is 8.19. The summed E-state index contributed by atoms with van der Waals surface area (Å²) in [5.74, 6) is -2.55. The lowest BCUT2D eigenvalue weighted by Crippen LogP contribution is -2.53. The number of hydrogen-bond acceptors (Lipinski definition) is 5. The van der Waals surface area contributed by atoms with Crippen molar-refractivity contribution in [1.29, 1.82) is 0 Å². The maximum absolute atomic E-state index is 12.8. The van der Waals surface area contributed by atoms with Crippen LogP contribution in [0.2, 0.25) is 5.02 Å². The molecule has 1 aromatic carbocycles. The normalized spacial score (nSPS) is 32.2. The van der Waals surface area contributed by atoms with Crippen LogP contribution < -0.4 is 5.32 Å². The highest BCUT2D eigenvalue weighted by atomic mass is 35.5. The molecule has 0 saturated carbocycles. The predicted octanol–water partition coefficient (Wildman–Crippen LogP) is 1.54. The second kappa shape index (κ2) is 5.86. The van der Waals surface area contributed by atoms with Crippen molar-refractivity contribution in [3.05, 3.63) is 34.9 Å². The molecule has 2 aliphatic rings. The lowest BCUT2D eigenvalue weighted by Gasteiger charge is -2.28. The van der Waals surface area contributed by atoms with Crippen molar-refractivity contribution in [1.82, 2.24) is 10.2 Å². The van der Waals surface area contributed by atoms with Crippen molar-refractivity contribution in [3.8, 4) is 0 Å². The van der Waals surface area contributed by atoms with E-state index in [9.17, 15) is 14.4 Å². The van der Waals surface area contributed by atoms with Crippen LogP contribution in [0.25, 0.3) is 0 Å². The average Bonchev–Trinajstić information content (AvgIpc) is 3.02. The molecule has 6 nitrogen and oxygen atoms in total. The Balaban J connectivity index is 2.09. The Morgan fingerprint density at radius 2 is 1.92 bits per heavy atom. The number of rotatable bonds is 3. The highest BCUT2D eigenvalue weighted by Crippen LogP contribution is 2.48. The fourth-order valence-electron chi connectivity index (χ4n) is 3.87. The first-order valence-electron chi connectivity index (χ1n) is 7.82. The van der Waals surface area contributed by atoms with Gasteiger partial charge in [-0.1, -0.05) is 23.7 Å². The highest BCUT2D eigenvalue weighted by Gasteiger charge is 2.66. The van der Waals surface area contributed by atoms with E-state index in [-0.39, 0.29) is 18.4 Å². The minimum atomic E-state index is -1.25. The van der Waals surface area contributed by atoms with Crippen molar-refractivity contribution in [3.63, 3.8) is 0 Å². The second-order valence-corrected chi connectivity index (χ2v) is 6.73. The molecule has 2 aliphatic heterocycles. The first kappa shape index (κ1) is 16.9. The molecule has 0 bridgehead atoms. The van der Waals surface area contributed by atoms with Gasteiger partial charge in [-0.25, -0.2) is 0 Å². The zero-order chi connectivity index (χ0) is 17.6. The van der Waals surface area contributed by atoms with Gasteiger partial charge in [-0.3, -0.25) is 24.6 Å². The topological polar surface area (TPSA) is 75.7 Å². The van der Waals surface area contributed by atoms with E-state index >= 15 is 0 Å². The van der Waals surface area contributed by atoms with Gasteiger partial charge in [-0.15, -0.1) is 0 Å². The molecule has 1 N–H and O–H groups in total. The quantitative estimate of drug-likeness (QED) is 0.661. The van der Waals surface area contributed by atoms with Gasteiger partial charge in [0, 0.05) is 17.6 Å². The maximum atomic E-state index is 12.8. The number of nitrogens with one attached hydrogen (secondary N) is 1. The number of nitrogens with zero attached hydrogens (tertiary/aromatic N) is 1. The number of methoxy groups -OCH3 is 1. The molecular weight excluding hydrogens is 332 g/mol. The van der Waals surface area contributed by atoms with Crippen molar-refractivity contribution in [2.24, 2.45) is 11.8 Å². The molecule has 2 heterocycles. The van der Waals surface area contributed by atoms with E-state index in [0.717, 1.165) is 5.56 Å². The third-order valence-electron chi connectivity index (χ3n) is 5.03. The molecule has 1 aromatic rings. The van der Waals surface area contributed by atoms with E-state index in [1.54, 1.807) is 38.1 Å². The molecule has 2 saturated heterocycles. The number of imide groups is 1. The van der Waals surface area contributed by atoms with Crippen molar-refractivity contribution in [2.45, 2.75) is 25.4 Å². The van der Waals surface area contributed by atoms with Gasteiger partial charge in [0.1, 0.15) is 5.54 Å². The van der Waals surface area contributed by atoms with Gasteiger partial charge in [0.05, 0.1) is 18.9 Å². The summed E-state index contributed by atoms with van der Waals surface area (Å²) < 4.78 is 4.90. The minimum absolute atomic E-state index is 0.257. The molecule has 2 amide bonds. The smallest absolute Gasteiger partial charge is 0.326 e. The molecule has 4 atom stereocenters. The average molecular weight is 351 g/mol. The lowest BCUT2D eigenvalue weighted by molar-refractivity contribution is -0.153. The summed E-state index contributed by atoms with van der Waals surface area (Å²) in [6.07, 6.45) is 0. The standard InChI is InChI=1S/C17H19ClN2O4/c1-4-20-14(21)11-12(15(20)22)17(2,16(23)24-3)19-13(11)9-5-7-10(18)8-6-9/h5-8,11-13,19H,4H2,1-3H3/t11-,12+,13-,17-/m0/s1. The van der Waals surface area contributed by atoms with Crippen LogP contribution in [0.1, 0.15) is 25.5 Å². The van der Waals surface area contributed by atoms with E-state index in [2.05, 4.69) is 5.32 Å². The summed E-state index contributed by atoms with van der Waals surface area (Å²) in [4.78, 5) is 39.1. The Morgan fingerprint density at radius 1 is 1.29 bits per heavy atom. The van der Waals surface area contributed by atoms with Crippen LogP contribution >= 0.6 is 11.6 Å². The van der Waals surface area contributed by atoms with Gasteiger partial charge < -0.3 is 4.74 Å². The SMILES string of the molecule is CCN1C(=O)[C@@H]2[C@H](c3ccc(Cl)cc3)N[C@](C)(C(=O)OC)[C@H]2C1=O. The van der Waals surface area contributed by atoms with E-state index in [1.165, 1.54) is 12.0 Å². The number of fused-ring (bicyclic) bond motifs is 1. The molecule has 0 unspecified atom stereocenters. The monoisotopic (exact) mass is 350 g/mol. The Labute approximate surface area is 145 Å². The second-order valence-electron chi connectivity index (χ2n) is 6.29. The van der Waals surface area contributed by atoms with Crippen molar-refractivity contribution < 1.29 is 19.1 Å². The molecule has 3 rings (SSSR count). The Morgan fingerprint density at radius 3 is 2.46 bits per heavy atom. The third-order valence-corrected chi connectivity index (χ3v) is 5.29. The number of esters is 1. The van der Waals surface area contributed by atoms with Gasteiger partial charge in [0.25, 0.3) is 0 Å². The van der Waals surface area contributed by atoms with Crippen LogP contribution in [-0.2, 0) is 19.1 Å². The van der Waals surface area contributed by atoms with Gasteiger partial charge in [-0.05, 0) is 31.5 Å². The van der Waals surface area contributed by atoms with Gasteiger partial charge in [0.2, 0.25) is 11.8 Å². The van der Waals surface area contributed by atoms with Crippen molar-refractivity contribution >= 4 is 29.4 Å². The fraction of sp³-hybridized carbons (Fsp3) is 0.471. The summed E-state index contributed by atoms with van der Waals surface area (Å²) in [6.45, 7) is 3.66. The number of hydrogen-bond donors (Lipinski definition) is 1. The number of carbonyl (C=O) groups excluding carboxylic acids is 3. The largest absolute Gasteiger partial charge is 0.468 e. The third kappa shape index (κ3) is 2.24. The highest BCUT2D eigenvalue weighted by molar-refractivity contribution is 6.30. The van der Waals surface area contributed by atoms with Gasteiger partial charge >= 0.3 is 5.97 Å². The number of benzene rings is 1. The Kier molecular flexibility index (Phi) is 4.13. The molecule has 0 radical (unpaired) electrons. The Bertz CT molecular complexity index is 705. The molecule has 24 heavy (non-hydrogen) atoms. The molecule has 2 fully saturated rings. The predicted molar refractivity (Wildman–Crippen MR) is 87.1 cm³/mol. The van der Waals surface area contributed by atoms with E-state index in [1.807, 2.05) is 0 Å². The van der Waals surface area contributed by atoms with E-state index in [4.69, 9.17) is 16.3 Å².